The van der Waals surface area contributed by atoms with Crippen molar-refractivity contribution < 1.29 is 18.0 Å². The fourth-order valence-electron chi connectivity index (χ4n) is 1.86. The first-order valence-electron chi connectivity index (χ1n) is 6.01. The Balaban J connectivity index is 2.13. The fraction of sp³-hybridized carbons (Fsp3) is 0.417. The number of amides is 2. The van der Waals surface area contributed by atoms with Gasteiger partial charge in [0.15, 0.2) is 0 Å². The third kappa shape index (κ3) is 3.55. The van der Waals surface area contributed by atoms with E-state index in [-0.39, 0.29) is 10.7 Å². The van der Waals surface area contributed by atoms with Gasteiger partial charge in [-0.2, -0.15) is 13.2 Å². The Morgan fingerprint density at radius 2 is 1.95 bits per heavy atom. The van der Waals surface area contributed by atoms with Crippen LogP contribution in [0.5, 0.6) is 0 Å². The number of carbonyl (C=O) groups excluding carboxylic acids is 1. The molecule has 0 spiro atoms. The van der Waals surface area contributed by atoms with Crippen LogP contribution in [-0.2, 0) is 6.18 Å². The van der Waals surface area contributed by atoms with E-state index in [0.717, 1.165) is 18.2 Å². The molecule has 1 aliphatic rings. The lowest BCUT2D eigenvalue weighted by Gasteiger charge is -2.27. The van der Waals surface area contributed by atoms with Crippen molar-refractivity contribution in [3.05, 3.63) is 28.8 Å². The molecule has 2 amide bonds. The van der Waals surface area contributed by atoms with Crippen LogP contribution in [0.25, 0.3) is 0 Å². The first kappa shape index (κ1) is 14.9. The molecule has 0 radical (unpaired) electrons. The molecule has 0 aliphatic carbocycles. The van der Waals surface area contributed by atoms with Crippen molar-refractivity contribution in [1.82, 2.24) is 10.2 Å². The number of carbonyl (C=O) groups is 1. The largest absolute Gasteiger partial charge is 0.416 e. The summed E-state index contributed by atoms with van der Waals surface area (Å²) in [6, 6.07) is 2.39. The second-order valence-electron chi connectivity index (χ2n) is 4.36. The zero-order valence-corrected chi connectivity index (χ0v) is 11.2. The van der Waals surface area contributed by atoms with Crippen molar-refractivity contribution in [3.63, 3.8) is 0 Å². The SMILES string of the molecule is O=C(Nc1cc(C(F)(F)F)ccc1Cl)N1CCNCC1. The number of hydrogen-bond acceptors (Lipinski definition) is 2. The van der Waals surface area contributed by atoms with Gasteiger partial charge < -0.3 is 15.5 Å². The molecule has 2 rings (SSSR count). The maximum absolute atomic E-state index is 12.6. The Morgan fingerprint density at radius 1 is 1.30 bits per heavy atom. The summed E-state index contributed by atoms with van der Waals surface area (Å²) < 4.78 is 37.9. The first-order chi connectivity index (χ1) is 9.38. The van der Waals surface area contributed by atoms with Crippen LogP contribution < -0.4 is 10.6 Å². The molecule has 2 N–H and O–H groups in total. The fourth-order valence-corrected chi connectivity index (χ4v) is 2.02. The van der Waals surface area contributed by atoms with Gasteiger partial charge >= 0.3 is 12.2 Å². The Hall–Kier alpha value is -1.47. The summed E-state index contributed by atoms with van der Waals surface area (Å²) in [4.78, 5) is 13.4. The molecule has 4 nitrogen and oxygen atoms in total. The molecule has 1 aliphatic heterocycles. The van der Waals surface area contributed by atoms with Gasteiger partial charge in [-0.3, -0.25) is 0 Å². The van der Waals surface area contributed by atoms with Crippen molar-refractivity contribution in [1.29, 1.82) is 0 Å². The van der Waals surface area contributed by atoms with Gasteiger partial charge in [-0.25, -0.2) is 4.79 Å². The van der Waals surface area contributed by atoms with E-state index in [9.17, 15) is 18.0 Å². The molecule has 1 aromatic carbocycles. The van der Waals surface area contributed by atoms with E-state index in [2.05, 4.69) is 10.6 Å². The van der Waals surface area contributed by atoms with E-state index in [0.29, 0.717) is 26.2 Å². The van der Waals surface area contributed by atoms with Crippen molar-refractivity contribution in [2.75, 3.05) is 31.5 Å². The van der Waals surface area contributed by atoms with E-state index in [1.54, 1.807) is 0 Å². The highest BCUT2D eigenvalue weighted by Gasteiger charge is 2.31. The maximum atomic E-state index is 12.6. The van der Waals surface area contributed by atoms with Gasteiger partial charge in [0.1, 0.15) is 0 Å². The van der Waals surface area contributed by atoms with Crippen LogP contribution >= 0.6 is 11.6 Å². The number of alkyl halides is 3. The molecule has 1 fully saturated rings. The number of anilines is 1. The Kier molecular flexibility index (Phi) is 4.39. The van der Waals surface area contributed by atoms with Gasteiger partial charge in [-0.1, -0.05) is 11.6 Å². The summed E-state index contributed by atoms with van der Waals surface area (Å²) in [5.41, 5.74) is -0.887. The predicted molar refractivity (Wildman–Crippen MR) is 69.9 cm³/mol. The van der Waals surface area contributed by atoms with Crippen LogP contribution in [0.2, 0.25) is 5.02 Å². The van der Waals surface area contributed by atoms with E-state index in [4.69, 9.17) is 11.6 Å². The number of halogens is 4. The lowest BCUT2D eigenvalue weighted by atomic mass is 10.2. The molecule has 0 atom stereocenters. The highest BCUT2D eigenvalue weighted by atomic mass is 35.5. The van der Waals surface area contributed by atoms with Crippen molar-refractivity contribution in [2.24, 2.45) is 0 Å². The standard InChI is InChI=1S/C12H13ClF3N3O/c13-9-2-1-8(12(14,15)16)7-10(9)18-11(20)19-5-3-17-4-6-19/h1-2,7,17H,3-6H2,(H,18,20). The van der Waals surface area contributed by atoms with Crippen LogP contribution in [-0.4, -0.2) is 37.1 Å². The average Bonchev–Trinajstić information content (AvgIpc) is 2.41. The van der Waals surface area contributed by atoms with Gasteiger partial charge in [0, 0.05) is 26.2 Å². The van der Waals surface area contributed by atoms with Crippen LogP contribution in [0, 0.1) is 0 Å². The predicted octanol–water partition coefficient (Wildman–Crippen LogP) is 2.80. The third-order valence-electron chi connectivity index (χ3n) is 2.94. The molecule has 0 unspecified atom stereocenters. The Labute approximate surface area is 118 Å². The maximum Gasteiger partial charge on any atom is 0.416 e. The number of urea groups is 1. The number of rotatable bonds is 1. The summed E-state index contributed by atoms with van der Waals surface area (Å²) in [5.74, 6) is 0. The lowest BCUT2D eigenvalue weighted by molar-refractivity contribution is -0.137. The molecule has 110 valence electrons. The molecule has 1 saturated heterocycles. The molecular formula is C12H13ClF3N3O. The molecule has 0 aromatic heterocycles. The van der Waals surface area contributed by atoms with Crippen molar-refractivity contribution >= 4 is 23.3 Å². The zero-order chi connectivity index (χ0) is 14.8. The van der Waals surface area contributed by atoms with E-state index in [1.807, 2.05) is 0 Å². The highest BCUT2D eigenvalue weighted by molar-refractivity contribution is 6.33. The second-order valence-corrected chi connectivity index (χ2v) is 4.77. The minimum atomic E-state index is -4.47. The summed E-state index contributed by atoms with van der Waals surface area (Å²) in [6.45, 7) is 2.32. The molecule has 0 saturated carbocycles. The topological polar surface area (TPSA) is 44.4 Å². The molecule has 1 aromatic rings. The van der Waals surface area contributed by atoms with Gasteiger partial charge in [-0.15, -0.1) is 0 Å². The van der Waals surface area contributed by atoms with E-state index in [1.165, 1.54) is 4.90 Å². The van der Waals surface area contributed by atoms with Crippen LogP contribution in [0.15, 0.2) is 18.2 Å². The van der Waals surface area contributed by atoms with Crippen molar-refractivity contribution in [3.8, 4) is 0 Å². The summed E-state index contributed by atoms with van der Waals surface area (Å²) in [5, 5.41) is 5.57. The second kappa shape index (κ2) is 5.88. The quantitative estimate of drug-likeness (QED) is 0.838. The molecular weight excluding hydrogens is 295 g/mol. The summed E-state index contributed by atoms with van der Waals surface area (Å²) in [6.07, 6.45) is -4.47. The van der Waals surface area contributed by atoms with Crippen LogP contribution in [0.4, 0.5) is 23.7 Å². The van der Waals surface area contributed by atoms with Crippen LogP contribution in [0.1, 0.15) is 5.56 Å². The monoisotopic (exact) mass is 307 g/mol. The zero-order valence-electron chi connectivity index (χ0n) is 10.4. The van der Waals surface area contributed by atoms with Crippen LogP contribution in [0.3, 0.4) is 0 Å². The summed E-state index contributed by atoms with van der Waals surface area (Å²) >= 11 is 5.82. The van der Waals surface area contributed by atoms with E-state index < -0.39 is 17.8 Å². The first-order valence-corrected chi connectivity index (χ1v) is 6.39. The van der Waals surface area contributed by atoms with Gasteiger partial charge in [0.25, 0.3) is 0 Å². The molecule has 8 heteroatoms. The molecule has 0 bridgehead atoms. The average molecular weight is 308 g/mol. The Morgan fingerprint density at radius 3 is 2.55 bits per heavy atom. The Bertz CT molecular complexity index is 501. The van der Waals surface area contributed by atoms with Gasteiger partial charge in [0.2, 0.25) is 0 Å². The lowest BCUT2D eigenvalue weighted by Crippen LogP contribution is -2.48. The van der Waals surface area contributed by atoms with Crippen molar-refractivity contribution in [2.45, 2.75) is 6.18 Å². The minimum Gasteiger partial charge on any atom is -0.322 e. The molecule has 1 heterocycles. The number of nitrogens with zero attached hydrogens (tertiary/aromatic N) is 1. The molecule has 20 heavy (non-hydrogen) atoms. The van der Waals surface area contributed by atoms with Gasteiger partial charge in [-0.05, 0) is 18.2 Å². The summed E-state index contributed by atoms with van der Waals surface area (Å²) in [7, 11) is 0. The van der Waals surface area contributed by atoms with E-state index >= 15 is 0 Å². The number of nitrogens with one attached hydrogen (secondary N) is 2. The number of hydrogen-bond donors (Lipinski definition) is 2. The normalized spacial score (nSPS) is 16.1. The smallest absolute Gasteiger partial charge is 0.322 e. The third-order valence-corrected chi connectivity index (χ3v) is 3.27. The number of benzene rings is 1. The highest BCUT2D eigenvalue weighted by Crippen LogP contribution is 2.33. The van der Waals surface area contributed by atoms with Gasteiger partial charge in [0.05, 0.1) is 16.3 Å². The number of piperazine rings is 1. The minimum absolute atomic E-state index is 0.0370.